The van der Waals surface area contributed by atoms with Crippen LogP contribution in [0.15, 0.2) is 0 Å². The van der Waals surface area contributed by atoms with Crippen LogP contribution in [-0.4, -0.2) is 18.9 Å². The summed E-state index contributed by atoms with van der Waals surface area (Å²) in [5, 5.41) is 7.00. The van der Waals surface area contributed by atoms with E-state index in [1.165, 1.54) is 0 Å². The predicted octanol–water partition coefficient (Wildman–Crippen LogP) is 1.42. The van der Waals surface area contributed by atoms with Gasteiger partial charge >= 0.3 is 6.68 Å². The highest BCUT2D eigenvalue weighted by molar-refractivity contribution is 3.83. The lowest BCUT2D eigenvalue weighted by Crippen LogP contribution is -1.65. The van der Waals surface area contributed by atoms with Crippen LogP contribution < -0.4 is 0 Å². The molecule has 0 fully saturated rings. The lowest BCUT2D eigenvalue weighted by molar-refractivity contribution is 0.00819. The van der Waals surface area contributed by atoms with E-state index in [1.54, 1.807) is 0 Å². The lowest BCUT2D eigenvalue weighted by Gasteiger charge is -1.65. The molecular formula is C3H9F3O. The van der Waals surface area contributed by atoms with Crippen molar-refractivity contribution >= 4 is 0 Å². The Bertz CT molecular complexity index is 14.9. The quantitative estimate of drug-likeness (QED) is 0.510. The summed E-state index contributed by atoms with van der Waals surface area (Å²) in [5.74, 6) is 0. The van der Waals surface area contributed by atoms with Gasteiger partial charge in [0.15, 0.2) is 0 Å². The summed E-state index contributed by atoms with van der Waals surface area (Å²) in [6.07, 6.45) is 0. The Morgan fingerprint density at radius 1 is 1.14 bits per heavy atom. The highest BCUT2D eigenvalue weighted by Crippen LogP contribution is 1.87. The summed E-state index contributed by atoms with van der Waals surface area (Å²) >= 11 is 0. The van der Waals surface area contributed by atoms with Crippen molar-refractivity contribution in [3.8, 4) is 0 Å². The van der Waals surface area contributed by atoms with E-state index < -0.39 is 6.68 Å². The maximum atomic E-state index is 9.67. The first-order chi connectivity index (χ1) is 2.73. The molecule has 0 heterocycles. The molecule has 1 nitrogen and oxygen atoms in total. The maximum Gasteiger partial charge on any atom is 0.379 e. The molecule has 0 aliphatic heterocycles. The first kappa shape index (κ1) is 15.9. The minimum atomic E-state index is -3.67. The molecule has 7 heavy (non-hydrogen) atoms. The van der Waals surface area contributed by atoms with E-state index in [-0.39, 0.29) is 7.43 Å². The van der Waals surface area contributed by atoms with Crippen LogP contribution in [0.2, 0.25) is 0 Å². The summed E-state index contributed by atoms with van der Waals surface area (Å²) in [6, 6.07) is 0. The number of aliphatic hydroxyl groups is 1. The van der Waals surface area contributed by atoms with Crippen LogP contribution in [-0.2, 0) is 0 Å². The van der Waals surface area contributed by atoms with Crippen LogP contribution in [0.4, 0.5) is 13.2 Å². The molecule has 0 bridgehead atoms. The molecule has 0 aliphatic carbocycles. The van der Waals surface area contributed by atoms with E-state index >= 15 is 0 Å². The van der Waals surface area contributed by atoms with Gasteiger partial charge in [0.2, 0.25) is 0 Å². The second kappa shape index (κ2) is 17.2. The van der Waals surface area contributed by atoms with E-state index in [0.717, 1.165) is 7.11 Å². The summed E-state index contributed by atoms with van der Waals surface area (Å²) in [4.78, 5) is 0. The van der Waals surface area contributed by atoms with E-state index in [4.69, 9.17) is 5.11 Å². The zero-order chi connectivity index (χ0) is 5.58. The molecule has 0 aromatic heterocycles. The smallest absolute Gasteiger partial charge is 0.379 e. The zero-order valence-electron chi connectivity index (χ0n) is 3.16. The van der Waals surface area contributed by atoms with E-state index in [2.05, 4.69) is 0 Å². The van der Waals surface area contributed by atoms with E-state index in [1.807, 2.05) is 0 Å². The molecule has 0 aliphatic rings. The molecule has 1 N–H and O–H groups in total. The van der Waals surface area contributed by atoms with Gasteiger partial charge in [-0.1, -0.05) is 7.43 Å². The molecule has 0 aromatic carbocycles. The van der Waals surface area contributed by atoms with Crippen LogP contribution in [0.3, 0.4) is 0 Å². The normalized spacial score (nSPS) is 6.00. The molecule has 48 valence electrons. The molecule has 4 heteroatoms. The minimum absolute atomic E-state index is 0. The summed E-state index contributed by atoms with van der Waals surface area (Å²) in [5.41, 5.74) is 0. The molecule has 0 radical (unpaired) electrons. The van der Waals surface area contributed by atoms with E-state index in [0.29, 0.717) is 0 Å². The number of rotatable bonds is 0. The summed E-state index contributed by atoms with van der Waals surface area (Å²) in [6.45, 7) is -3.67. The Hall–Kier alpha value is -0.250. The minimum Gasteiger partial charge on any atom is -0.400 e. The molecule has 0 rings (SSSR count). The number of alkyl halides is 3. The van der Waals surface area contributed by atoms with Crippen molar-refractivity contribution in [1.29, 1.82) is 0 Å². The highest BCUT2D eigenvalue weighted by atomic mass is 19.4. The Labute approximate surface area is 40.8 Å². The Morgan fingerprint density at radius 3 is 1.14 bits per heavy atom. The van der Waals surface area contributed by atoms with E-state index in [9.17, 15) is 13.2 Å². The fraction of sp³-hybridized carbons (Fsp3) is 1.00. The molecule has 0 saturated heterocycles. The van der Waals surface area contributed by atoms with Crippen LogP contribution in [0.25, 0.3) is 0 Å². The van der Waals surface area contributed by atoms with Crippen molar-refractivity contribution in [3.05, 3.63) is 0 Å². The zero-order valence-corrected chi connectivity index (χ0v) is 3.16. The van der Waals surface area contributed by atoms with Crippen LogP contribution in [0.5, 0.6) is 0 Å². The van der Waals surface area contributed by atoms with Gasteiger partial charge in [0.25, 0.3) is 0 Å². The second-order valence-corrected chi connectivity index (χ2v) is 0.247. The van der Waals surface area contributed by atoms with Gasteiger partial charge in [-0.05, 0) is 0 Å². The molecule has 0 amide bonds. The Balaban J connectivity index is -0.0000000480. The Morgan fingerprint density at radius 2 is 1.14 bits per heavy atom. The van der Waals surface area contributed by atoms with Gasteiger partial charge in [0.1, 0.15) is 0 Å². The number of aliphatic hydroxyl groups excluding tert-OH is 1. The van der Waals surface area contributed by atoms with Crippen molar-refractivity contribution in [2.24, 2.45) is 0 Å². The van der Waals surface area contributed by atoms with Gasteiger partial charge in [-0.3, -0.25) is 0 Å². The molecule has 0 unspecified atom stereocenters. The summed E-state index contributed by atoms with van der Waals surface area (Å²) in [7, 11) is 1.00. The molecular weight excluding hydrogens is 109 g/mol. The third-order valence-electron chi connectivity index (χ3n) is 0. The fourth-order valence-corrected chi connectivity index (χ4v) is 0. The van der Waals surface area contributed by atoms with Crippen molar-refractivity contribution in [2.75, 3.05) is 7.11 Å². The topological polar surface area (TPSA) is 20.2 Å². The highest BCUT2D eigenvalue weighted by Gasteiger charge is 1.86. The average Bonchev–Trinajstić information content (AvgIpc) is 1.41. The van der Waals surface area contributed by atoms with Crippen molar-refractivity contribution in [1.82, 2.24) is 0 Å². The molecule has 0 aromatic rings. The third-order valence-corrected chi connectivity index (χ3v) is 0. The van der Waals surface area contributed by atoms with Gasteiger partial charge in [-0.25, -0.2) is 0 Å². The van der Waals surface area contributed by atoms with Crippen molar-refractivity contribution in [2.45, 2.75) is 14.1 Å². The van der Waals surface area contributed by atoms with Crippen molar-refractivity contribution in [3.63, 3.8) is 0 Å². The first-order valence-electron chi connectivity index (χ1n) is 1.10. The molecule has 0 atom stereocenters. The van der Waals surface area contributed by atoms with Crippen LogP contribution in [0, 0.1) is 0 Å². The Kier molecular flexibility index (Phi) is 38.9. The first-order valence-corrected chi connectivity index (χ1v) is 1.10. The van der Waals surface area contributed by atoms with Gasteiger partial charge in [-0.2, -0.15) is 13.2 Å². The van der Waals surface area contributed by atoms with Crippen LogP contribution in [0.1, 0.15) is 7.43 Å². The van der Waals surface area contributed by atoms with Gasteiger partial charge < -0.3 is 5.11 Å². The number of hydrogen-bond donors (Lipinski definition) is 1. The number of hydrogen-bond acceptors (Lipinski definition) is 1. The van der Waals surface area contributed by atoms with Crippen molar-refractivity contribution < 1.29 is 18.3 Å². The lowest BCUT2D eigenvalue weighted by atomic mass is 11.6. The standard InChI is InChI=1S/CHF3.CH4O.CH4/c2-1(3)4;1-2;/h1H;2H,1H3;1H4. The second-order valence-electron chi connectivity index (χ2n) is 0.247. The largest absolute Gasteiger partial charge is 0.400 e. The fourth-order valence-electron chi connectivity index (χ4n) is 0. The van der Waals surface area contributed by atoms with Gasteiger partial charge in [0.05, 0.1) is 0 Å². The third kappa shape index (κ3) is 1290. The average molecular weight is 118 g/mol. The monoisotopic (exact) mass is 118 g/mol. The molecule has 0 saturated carbocycles. The van der Waals surface area contributed by atoms with Gasteiger partial charge in [0, 0.05) is 7.11 Å². The molecule has 0 spiro atoms. The summed E-state index contributed by atoms with van der Waals surface area (Å²) < 4.78 is 29.0. The number of halogens is 3. The van der Waals surface area contributed by atoms with Crippen LogP contribution >= 0.6 is 0 Å². The maximum absolute atomic E-state index is 9.67. The van der Waals surface area contributed by atoms with Gasteiger partial charge in [-0.15, -0.1) is 0 Å². The SMILES string of the molecule is C.CO.FC(F)F. The predicted molar refractivity (Wildman–Crippen MR) is 22.0 cm³/mol.